The average Bonchev–Trinajstić information content (AvgIpc) is 3.17. The number of methoxy groups -OCH3 is 1. The second-order valence-corrected chi connectivity index (χ2v) is 4.81. The first-order chi connectivity index (χ1) is 9.30. The molecule has 1 atom stereocenters. The van der Waals surface area contributed by atoms with Crippen LogP contribution in [-0.2, 0) is 4.79 Å². The Morgan fingerprint density at radius 2 is 2.00 bits per heavy atom. The monoisotopic (exact) mass is 290 g/mol. The molecule has 1 unspecified atom stereocenters. The molecule has 8 heteroatoms. The maximum atomic E-state index is 13.2. The number of alkyl halides is 3. The highest BCUT2D eigenvalue weighted by atomic mass is 19.4. The van der Waals surface area contributed by atoms with Crippen molar-refractivity contribution in [1.29, 1.82) is 0 Å². The van der Waals surface area contributed by atoms with E-state index in [0.717, 1.165) is 0 Å². The van der Waals surface area contributed by atoms with E-state index in [4.69, 9.17) is 9.84 Å². The van der Waals surface area contributed by atoms with E-state index in [9.17, 15) is 18.0 Å². The van der Waals surface area contributed by atoms with E-state index in [0.29, 0.717) is 0 Å². The zero-order valence-corrected chi connectivity index (χ0v) is 10.6. The number of carboxylic acids is 1. The third kappa shape index (κ3) is 2.54. The molecule has 0 spiro atoms. The molecule has 0 aromatic carbocycles. The van der Waals surface area contributed by atoms with Gasteiger partial charge in [0.15, 0.2) is 0 Å². The summed E-state index contributed by atoms with van der Waals surface area (Å²) in [6.07, 6.45) is -2.78. The van der Waals surface area contributed by atoms with Gasteiger partial charge in [0.05, 0.1) is 18.9 Å². The van der Waals surface area contributed by atoms with Crippen LogP contribution in [0.3, 0.4) is 0 Å². The van der Waals surface area contributed by atoms with Gasteiger partial charge in [-0.05, 0) is 18.4 Å². The van der Waals surface area contributed by atoms with E-state index < -0.39 is 29.9 Å². The van der Waals surface area contributed by atoms with Gasteiger partial charge in [-0.2, -0.15) is 13.2 Å². The lowest BCUT2D eigenvalue weighted by molar-refractivity contribution is -0.195. The van der Waals surface area contributed by atoms with E-state index >= 15 is 0 Å². The second kappa shape index (κ2) is 4.92. The Bertz CT molecular complexity index is 498. The fraction of sp³-hybridized carbons (Fsp3) is 0.583. The molecule has 0 saturated heterocycles. The van der Waals surface area contributed by atoms with Crippen molar-refractivity contribution in [3.63, 3.8) is 0 Å². The quantitative estimate of drug-likeness (QED) is 0.901. The van der Waals surface area contributed by atoms with Gasteiger partial charge in [0.2, 0.25) is 0 Å². The molecule has 5 nitrogen and oxygen atoms in total. The zero-order valence-electron chi connectivity index (χ0n) is 10.6. The van der Waals surface area contributed by atoms with E-state index in [2.05, 4.69) is 9.97 Å². The molecule has 1 aliphatic rings. The van der Waals surface area contributed by atoms with E-state index in [-0.39, 0.29) is 24.4 Å². The van der Waals surface area contributed by atoms with E-state index in [1.54, 1.807) is 0 Å². The van der Waals surface area contributed by atoms with Gasteiger partial charge in [-0.1, -0.05) is 0 Å². The molecule has 2 rings (SSSR count). The molecule has 0 amide bonds. The Labute approximate surface area is 112 Å². The Morgan fingerprint density at radius 3 is 2.35 bits per heavy atom. The van der Waals surface area contributed by atoms with Crippen molar-refractivity contribution in [2.24, 2.45) is 5.41 Å². The van der Waals surface area contributed by atoms with Crippen LogP contribution in [-0.4, -0.2) is 34.3 Å². The number of carboxylic acid groups (broad SMARTS) is 1. The van der Waals surface area contributed by atoms with Crippen LogP contribution >= 0.6 is 0 Å². The highest BCUT2D eigenvalue weighted by molar-refractivity contribution is 5.68. The topological polar surface area (TPSA) is 72.3 Å². The summed E-state index contributed by atoms with van der Waals surface area (Å²) in [6, 6.07) is 0.0275. The largest absolute Gasteiger partial charge is 0.481 e. The number of hydrogen-bond acceptors (Lipinski definition) is 4. The number of hydrogen-bond donors (Lipinski definition) is 1. The van der Waals surface area contributed by atoms with Crippen molar-refractivity contribution in [3.05, 3.63) is 18.0 Å². The molecular formula is C12H13F3N2O3. The number of nitrogens with zero attached hydrogens (tertiary/aromatic N) is 2. The van der Waals surface area contributed by atoms with Crippen molar-refractivity contribution >= 4 is 5.97 Å². The predicted molar refractivity (Wildman–Crippen MR) is 61.3 cm³/mol. The molecule has 1 saturated carbocycles. The maximum absolute atomic E-state index is 13.2. The smallest absolute Gasteiger partial charge is 0.395 e. The first-order valence-electron chi connectivity index (χ1n) is 5.94. The predicted octanol–water partition coefficient (Wildman–Crippen LogP) is 2.39. The molecule has 1 fully saturated rings. The van der Waals surface area contributed by atoms with Gasteiger partial charge in [-0.25, -0.2) is 9.97 Å². The maximum Gasteiger partial charge on any atom is 0.395 e. The van der Waals surface area contributed by atoms with Crippen LogP contribution in [0.1, 0.15) is 30.7 Å². The SMILES string of the molecule is COc1ncc(C(CC(=O)O)C2(C(F)(F)F)CC2)cn1. The average molecular weight is 290 g/mol. The van der Waals surface area contributed by atoms with Crippen molar-refractivity contribution in [2.45, 2.75) is 31.4 Å². The lowest BCUT2D eigenvalue weighted by Crippen LogP contribution is -2.32. The normalized spacial score (nSPS) is 18.4. The van der Waals surface area contributed by atoms with Crippen LogP contribution in [0.25, 0.3) is 0 Å². The number of halogens is 3. The zero-order chi connectivity index (χ0) is 15.0. The summed E-state index contributed by atoms with van der Waals surface area (Å²) in [6.45, 7) is 0. The molecular weight excluding hydrogens is 277 g/mol. The molecule has 0 bridgehead atoms. The van der Waals surface area contributed by atoms with Gasteiger partial charge in [0.1, 0.15) is 0 Å². The van der Waals surface area contributed by atoms with Gasteiger partial charge in [0.25, 0.3) is 0 Å². The molecule has 0 aliphatic heterocycles. The number of rotatable bonds is 5. The van der Waals surface area contributed by atoms with Crippen molar-refractivity contribution in [3.8, 4) is 6.01 Å². The molecule has 1 heterocycles. The molecule has 1 aliphatic carbocycles. The highest BCUT2D eigenvalue weighted by Crippen LogP contribution is 2.66. The molecule has 1 N–H and O–H groups in total. The molecule has 1 aromatic heterocycles. The summed E-state index contributed by atoms with van der Waals surface area (Å²) in [5.74, 6) is -2.45. The van der Waals surface area contributed by atoms with Crippen LogP contribution < -0.4 is 4.74 Å². The second-order valence-electron chi connectivity index (χ2n) is 4.81. The molecule has 0 radical (unpaired) electrons. The minimum Gasteiger partial charge on any atom is -0.481 e. The Hall–Kier alpha value is -1.86. The molecule has 110 valence electrons. The van der Waals surface area contributed by atoms with Gasteiger partial charge in [-0.3, -0.25) is 4.79 Å². The van der Waals surface area contributed by atoms with Gasteiger partial charge in [-0.15, -0.1) is 0 Å². The summed E-state index contributed by atoms with van der Waals surface area (Å²) in [5, 5.41) is 8.87. The third-order valence-electron chi connectivity index (χ3n) is 3.63. The number of carbonyl (C=O) groups is 1. The van der Waals surface area contributed by atoms with E-state index in [1.165, 1.54) is 19.5 Å². The summed E-state index contributed by atoms with van der Waals surface area (Å²) in [4.78, 5) is 18.4. The van der Waals surface area contributed by atoms with Crippen LogP contribution in [0.15, 0.2) is 12.4 Å². The van der Waals surface area contributed by atoms with Crippen molar-refractivity contribution in [2.75, 3.05) is 7.11 Å². The summed E-state index contributed by atoms with van der Waals surface area (Å²) in [5.41, 5.74) is -1.80. The van der Waals surface area contributed by atoms with Crippen molar-refractivity contribution in [1.82, 2.24) is 9.97 Å². The molecule has 1 aromatic rings. The summed E-state index contributed by atoms with van der Waals surface area (Å²) in [7, 11) is 1.34. The third-order valence-corrected chi connectivity index (χ3v) is 3.63. The fourth-order valence-corrected chi connectivity index (χ4v) is 2.38. The number of aromatic nitrogens is 2. The van der Waals surface area contributed by atoms with Gasteiger partial charge >= 0.3 is 18.2 Å². The van der Waals surface area contributed by atoms with Gasteiger partial charge < -0.3 is 9.84 Å². The Morgan fingerprint density at radius 1 is 1.45 bits per heavy atom. The first-order valence-corrected chi connectivity index (χ1v) is 5.94. The van der Waals surface area contributed by atoms with Crippen LogP contribution in [0.4, 0.5) is 13.2 Å². The lowest BCUT2D eigenvalue weighted by Gasteiger charge is -2.28. The van der Waals surface area contributed by atoms with Crippen LogP contribution in [0.2, 0.25) is 0 Å². The van der Waals surface area contributed by atoms with Crippen LogP contribution in [0, 0.1) is 5.41 Å². The summed E-state index contributed by atoms with van der Waals surface area (Å²) >= 11 is 0. The fourth-order valence-electron chi connectivity index (χ4n) is 2.38. The minimum atomic E-state index is -4.44. The number of aliphatic carboxylic acids is 1. The lowest BCUT2D eigenvalue weighted by atomic mass is 9.81. The standard InChI is InChI=1S/C12H13F3N2O3/c1-20-10-16-5-7(6-17-10)8(4-9(18)19)11(2-3-11)12(13,14)15/h5-6,8H,2-4H2,1H3,(H,18,19). The number of ether oxygens (including phenoxy) is 1. The Kier molecular flexibility index (Phi) is 3.58. The van der Waals surface area contributed by atoms with E-state index in [1.807, 2.05) is 0 Å². The minimum absolute atomic E-state index is 0.0275. The summed E-state index contributed by atoms with van der Waals surface area (Å²) < 4.78 is 44.2. The molecule has 20 heavy (non-hydrogen) atoms. The van der Waals surface area contributed by atoms with Gasteiger partial charge in [0, 0.05) is 18.3 Å². The first kappa shape index (κ1) is 14.5. The highest BCUT2D eigenvalue weighted by Gasteiger charge is 2.67. The Balaban J connectivity index is 2.35. The van der Waals surface area contributed by atoms with Crippen molar-refractivity contribution < 1.29 is 27.8 Å². The van der Waals surface area contributed by atoms with Crippen LogP contribution in [0.5, 0.6) is 6.01 Å².